The van der Waals surface area contributed by atoms with E-state index in [9.17, 15) is 0 Å². The standard InChI is InChI=1S/2Bi.15O.2Sr.5Zr/q2*+3;;;;;;10*-1;2*+2;;;;;. The SMILES string of the molecule is [Bi+3].[Bi+3].[O]=[Zr]([O-])[O-].[O]=[Zr]([O-])[O-].[O]=[Zr]([O-])[O-].[O]=[Zr]([O-])[O-].[O]=[Zr]([O-])[O-].[Sr+2].[Sr+2]. The van der Waals surface area contributed by atoms with E-state index in [1.54, 1.807) is 0 Å². The Morgan fingerprint density at radius 2 is 0.333 bits per heavy atom. The van der Waals surface area contributed by atoms with Crippen LogP contribution >= 0.6 is 0 Å². The Morgan fingerprint density at radius 1 is 0.333 bits per heavy atom. The first kappa shape index (κ1) is 58.0. The van der Waals surface area contributed by atoms with Gasteiger partial charge in [-0.3, -0.25) is 0 Å². The molecule has 15 nitrogen and oxygen atoms in total. The van der Waals surface area contributed by atoms with Crippen LogP contribution in [-0.4, -0.2) is 143 Å². The van der Waals surface area contributed by atoms with Crippen LogP contribution in [0.2, 0.25) is 0 Å². The molecule has 0 heterocycles. The van der Waals surface area contributed by atoms with Crippen LogP contribution in [-0.2, 0) is 127 Å². The summed E-state index contributed by atoms with van der Waals surface area (Å²) in [6.07, 6.45) is 0. The van der Waals surface area contributed by atoms with E-state index >= 15 is 0 Å². The molecule has 0 aromatic carbocycles. The summed E-state index contributed by atoms with van der Waals surface area (Å²) in [5.74, 6) is 0. The molecular formula is Bi2O15Sr2Zr5. The molecule has 0 aromatic rings. The van der Waals surface area contributed by atoms with Gasteiger partial charge in [-0.05, 0) is 0 Å². The van der Waals surface area contributed by atoms with Gasteiger partial charge in [0.25, 0.3) is 0 Å². The summed E-state index contributed by atoms with van der Waals surface area (Å²) in [5.41, 5.74) is 0. The second kappa shape index (κ2) is 52.6. The van der Waals surface area contributed by atoms with Gasteiger partial charge in [-0.25, -0.2) is 0 Å². The molecule has 0 aliphatic carbocycles. The Balaban J connectivity index is -0.0000000161. The van der Waals surface area contributed by atoms with Gasteiger partial charge in [0.1, 0.15) is 0 Å². The van der Waals surface area contributed by atoms with Gasteiger partial charge in [-0.1, -0.05) is 0 Å². The molecule has 0 saturated heterocycles. The van der Waals surface area contributed by atoms with Crippen molar-refractivity contribution in [1.82, 2.24) is 0 Å². The Labute approximate surface area is 293 Å². The zero-order valence-electron chi connectivity index (χ0n) is 10.9. The zero-order chi connectivity index (χ0) is 17.9. The topological polar surface area (TPSA) is 316 Å². The predicted molar refractivity (Wildman–Crippen MR) is 26.4 cm³/mol. The Hall–Kier alpha value is 7.74. The van der Waals surface area contributed by atoms with Crippen molar-refractivity contribution in [3.63, 3.8) is 0 Å². The minimum Gasteiger partial charge on any atom is 2.00 e. The first-order valence-corrected chi connectivity index (χ1v) is 18.1. The maximum absolute atomic E-state index is 8.61. The fourth-order valence-electron chi connectivity index (χ4n) is 0. The summed E-state index contributed by atoms with van der Waals surface area (Å²) in [5, 5.41) is 0. The van der Waals surface area contributed by atoms with Gasteiger partial charge in [0.05, 0.1) is 0 Å². The minimum absolute atomic E-state index is 0. The van der Waals surface area contributed by atoms with Crippen molar-refractivity contribution < 1.29 is 159 Å². The fraction of sp³-hybridized carbons (Fsp3) is 0. The van der Waals surface area contributed by atoms with Crippen molar-refractivity contribution in [3.05, 3.63) is 0 Å². The van der Waals surface area contributed by atoms with E-state index in [0.717, 1.165) is 0 Å². The van der Waals surface area contributed by atoms with Crippen LogP contribution in [0.3, 0.4) is 0 Å². The predicted octanol–water partition coefficient (Wildman–Crippen LogP) is -14.0. The zero-order valence-corrected chi connectivity index (χ0v) is 37.1. The minimum atomic E-state index is -4.29. The quantitative estimate of drug-likeness (QED) is 0.204. The van der Waals surface area contributed by atoms with Crippen LogP contribution in [0, 0.1) is 0 Å². The van der Waals surface area contributed by atoms with Crippen LogP contribution in [0.1, 0.15) is 0 Å². The smallest absolute Gasteiger partial charge is 2.00 e. The number of rotatable bonds is 0. The third-order valence-electron chi connectivity index (χ3n) is 0. The second-order valence-electron chi connectivity index (χ2n) is 1.25. The van der Waals surface area contributed by atoms with Crippen molar-refractivity contribution in [2.24, 2.45) is 0 Å². The van der Waals surface area contributed by atoms with Gasteiger partial charge < -0.3 is 0 Å². The molecule has 0 amide bonds. The molecule has 0 bridgehead atoms. The van der Waals surface area contributed by atoms with Crippen molar-refractivity contribution in [2.45, 2.75) is 0 Å². The molecule has 0 N–H and O–H groups in total. The van der Waals surface area contributed by atoms with Crippen LogP contribution < -0.4 is 31.8 Å². The summed E-state index contributed by atoms with van der Waals surface area (Å²) >= 11 is -21.5. The summed E-state index contributed by atoms with van der Waals surface area (Å²) < 4.78 is 129. The van der Waals surface area contributed by atoms with Crippen LogP contribution in [0.5, 0.6) is 0 Å². The molecule has 0 aromatic heterocycles. The van der Waals surface area contributed by atoms with Crippen LogP contribution in [0.25, 0.3) is 0 Å². The first-order valence-electron chi connectivity index (χ1n) is 3.06. The third-order valence-corrected chi connectivity index (χ3v) is 0. The van der Waals surface area contributed by atoms with Crippen molar-refractivity contribution >= 4 is 143 Å². The van der Waals surface area contributed by atoms with Gasteiger partial charge in [0, 0.05) is 0 Å². The van der Waals surface area contributed by atoms with E-state index in [0.29, 0.717) is 0 Å². The Morgan fingerprint density at radius 3 is 0.333 bits per heavy atom. The summed E-state index contributed by atoms with van der Waals surface area (Å²) in [4.78, 5) is 0. The van der Waals surface area contributed by atoms with E-state index in [4.69, 9.17) is 45.9 Å². The molecule has 124 valence electrons. The van der Waals surface area contributed by atoms with Crippen molar-refractivity contribution in [3.8, 4) is 0 Å². The molecule has 0 rings (SSSR count). The van der Waals surface area contributed by atoms with Crippen LogP contribution in [0.15, 0.2) is 0 Å². The number of hydrogen-bond acceptors (Lipinski definition) is 15. The van der Waals surface area contributed by atoms with E-state index < -0.39 is 113 Å². The fourth-order valence-corrected chi connectivity index (χ4v) is 0. The van der Waals surface area contributed by atoms with Crippen LogP contribution in [0.4, 0.5) is 0 Å². The third kappa shape index (κ3) is 410. The normalized spacial score (nSPS) is 5.42. The molecule has 24 heteroatoms. The van der Waals surface area contributed by atoms with E-state index in [1.165, 1.54) is 0 Å². The van der Waals surface area contributed by atoms with Gasteiger partial charge in [0.2, 0.25) is 0 Å². The molecule has 0 unspecified atom stereocenters. The molecule has 0 fully saturated rings. The Bertz CT molecular complexity index is 221. The molecule has 0 aliphatic rings. The molecule has 0 atom stereocenters. The van der Waals surface area contributed by atoms with E-state index in [-0.39, 0.29) is 143 Å². The maximum atomic E-state index is 8.61. The second-order valence-corrected chi connectivity index (χ2v) is 7.40. The largest absolute Gasteiger partial charge is 2.00 e. The monoisotopic (exact) mass is 1280 g/mol. The van der Waals surface area contributed by atoms with Crippen molar-refractivity contribution in [1.29, 1.82) is 0 Å². The molecule has 0 spiro atoms. The Kier molecular flexibility index (Phi) is 127. The van der Waals surface area contributed by atoms with Crippen molar-refractivity contribution in [2.75, 3.05) is 0 Å². The van der Waals surface area contributed by atoms with E-state index in [1.807, 2.05) is 0 Å². The van der Waals surface area contributed by atoms with Gasteiger partial charge in [-0.15, -0.1) is 0 Å². The van der Waals surface area contributed by atoms with E-state index in [2.05, 4.69) is 0 Å². The molecular weight excluding hydrogens is 1290 g/mol. The summed E-state index contributed by atoms with van der Waals surface area (Å²) in [6.45, 7) is 0. The average molecular weight is 1290 g/mol. The summed E-state index contributed by atoms with van der Waals surface area (Å²) in [6, 6.07) is 0. The average Bonchev–Trinajstić information content (AvgIpc) is 1.94. The molecule has 24 heavy (non-hydrogen) atoms. The molecule has 0 saturated carbocycles. The first-order chi connectivity index (χ1) is 8.66. The van der Waals surface area contributed by atoms with Gasteiger partial charge >= 0.3 is 302 Å². The summed E-state index contributed by atoms with van der Waals surface area (Å²) in [7, 11) is 0. The molecule has 4 radical (unpaired) electrons. The molecule has 0 aliphatic heterocycles. The maximum Gasteiger partial charge on any atom is 2.00 e. The van der Waals surface area contributed by atoms with Gasteiger partial charge in [0.15, 0.2) is 0 Å². The van der Waals surface area contributed by atoms with Gasteiger partial charge in [-0.2, -0.15) is 0 Å². The number of hydrogen-bond donors (Lipinski definition) is 0.